The molecule has 1 aromatic heterocycles. The van der Waals surface area contributed by atoms with E-state index in [1.807, 2.05) is 30.3 Å². The van der Waals surface area contributed by atoms with Crippen LogP contribution in [0.1, 0.15) is 11.1 Å². The van der Waals surface area contributed by atoms with Gasteiger partial charge >= 0.3 is 5.63 Å². The first kappa shape index (κ1) is 15.3. The van der Waals surface area contributed by atoms with Gasteiger partial charge in [-0.05, 0) is 36.2 Å². The zero-order valence-corrected chi connectivity index (χ0v) is 13.0. The summed E-state index contributed by atoms with van der Waals surface area (Å²) in [5.41, 5.74) is 2.44. The molecular formula is C19H19NO3. The van der Waals surface area contributed by atoms with Crippen LogP contribution in [-0.2, 0) is 13.0 Å². The molecule has 0 saturated heterocycles. The standard InChI is InChI=1S/C19H19NO3/c1-22-16-7-8-17-15(11-19(21)23-18(17)12-16)13-20-10-9-14-5-3-2-4-6-14/h2-8,11-12,20H,9-10,13H2,1H3. The molecule has 23 heavy (non-hydrogen) atoms. The molecule has 0 fully saturated rings. The number of rotatable bonds is 6. The van der Waals surface area contributed by atoms with Crippen LogP contribution < -0.4 is 15.7 Å². The summed E-state index contributed by atoms with van der Waals surface area (Å²) in [5, 5.41) is 4.31. The van der Waals surface area contributed by atoms with Gasteiger partial charge in [0.15, 0.2) is 0 Å². The molecule has 0 aliphatic heterocycles. The van der Waals surface area contributed by atoms with E-state index in [-0.39, 0.29) is 5.63 Å². The van der Waals surface area contributed by atoms with Gasteiger partial charge in [0.05, 0.1) is 7.11 Å². The summed E-state index contributed by atoms with van der Waals surface area (Å²) < 4.78 is 10.4. The zero-order valence-electron chi connectivity index (χ0n) is 13.0. The molecule has 118 valence electrons. The third kappa shape index (κ3) is 3.79. The fourth-order valence-electron chi connectivity index (χ4n) is 2.58. The number of hydrogen-bond donors (Lipinski definition) is 1. The molecule has 0 atom stereocenters. The number of nitrogens with one attached hydrogen (secondary N) is 1. The maximum absolute atomic E-state index is 11.7. The molecule has 1 N–H and O–H groups in total. The molecule has 0 unspecified atom stereocenters. The summed E-state index contributed by atoms with van der Waals surface area (Å²) in [4.78, 5) is 11.7. The van der Waals surface area contributed by atoms with E-state index in [1.54, 1.807) is 19.2 Å². The van der Waals surface area contributed by atoms with Crippen molar-refractivity contribution in [1.82, 2.24) is 5.32 Å². The van der Waals surface area contributed by atoms with Crippen molar-refractivity contribution < 1.29 is 9.15 Å². The lowest BCUT2D eigenvalue weighted by molar-refractivity contribution is 0.414. The number of benzene rings is 2. The van der Waals surface area contributed by atoms with E-state index in [1.165, 1.54) is 5.56 Å². The van der Waals surface area contributed by atoms with E-state index < -0.39 is 0 Å². The van der Waals surface area contributed by atoms with E-state index in [4.69, 9.17) is 9.15 Å². The number of hydrogen-bond acceptors (Lipinski definition) is 4. The second kappa shape index (κ2) is 7.11. The molecule has 0 bridgehead atoms. The van der Waals surface area contributed by atoms with Gasteiger partial charge in [0.1, 0.15) is 11.3 Å². The topological polar surface area (TPSA) is 51.5 Å². The summed E-state index contributed by atoms with van der Waals surface area (Å²) in [6.07, 6.45) is 0.952. The van der Waals surface area contributed by atoms with Crippen LogP contribution in [0.25, 0.3) is 11.0 Å². The highest BCUT2D eigenvalue weighted by Gasteiger charge is 2.06. The summed E-state index contributed by atoms with van der Waals surface area (Å²) in [6, 6.07) is 17.4. The highest BCUT2D eigenvalue weighted by atomic mass is 16.5. The van der Waals surface area contributed by atoms with Crippen LogP contribution in [0.4, 0.5) is 0 Å². The highest BCUT2D eigenvalue weighted by molar-refractivity contribution is 5.81. The van der Waals surface area contributed by atoms with E-state index in [9.17, 15) is 4.79 Å². The Hall–Kier alpha value is -2.59. The molecule has 0 amide bonds. The van der Waals surface area contributed by atoms with Crippen molar-refractivity contribution in [1.29, 1.82) is 0 Å². The van der Waals surface area contributed by atoms with E-state index in [2.05, 4.69) is 17.4 Å². The summed E-state index contributed by atoms with van der Waals surface area (Å²) in [7, 11) is 1.59. The molecule has 4 heteroatoms. The first-order chi connectivity index (χ1) is 11.3. The molecule has 1 heterocycles. The third-order valence-corrected chi connectivity index (χ3v) is 3.79. The number of methoxy groups -OCH3 is 1. The Labute approximate surface area is 134 Å². The lowest BCUT2D eigenvalue weighted by atomic mass is 10.1. The molecule has 2 aromatic carbocycles. The van der Waals surface area contributed by atoms with Gasteiger partial charge in [0.25, 0.3) is 0 Å². The van der Waals surface area contributed by atoms with Crippen LogP contribution in [0.5, 0.6) is 5.75 Å². The van der Waals surface area contributed by atoms with E-state index >= 15 is 0 Å². The largest absolute Gasteiger partial charge is 0.497 e. The Morgan fingerprint density at radius 2 is 1.91 bits per heavy atom. The number of fused-ring (bicyclic) bond motifs is 1. The van der Waals surface area contributed by atoms with Crippen LogP contribution in [0, 0.1) is 0 Å². The molecule has 0 radical (unpaired) electrons. The van der Waals surface area contributed by atoms with Crippen molar-refractivity contribution in [2.24, 2.45) is 0 Å². The average molecular weight is 309 g/mol. The third-order valence-electron chi connectivity index (χ3n) is 3.79. The van der Waals surface area contributed by atoms with Crippen LogP contribution in [0.3, 0.4) is 0 Å². The van der Waals surface area contributed by atoms with Crippen molar-refractivity contribution in [3.8, 4) is 5.75 Å². The Kier molecular flexibility index (Phi) is 4.74. The van der Waals surface area contributed by atoms with Gasteiger partial charge in [-0.1, -0.05) is 30.3 Å². The smallest absolute Gasteiger partial charge is 0.336 e. The maximum atomic E-state index is 11.7. The molecule has 0 aliphatic rings. The summed E-state index contributed by atoms with van der Waals surface area (Å²) in [5.74, 6) is 0.676. The maximum Gasteiger partial charge on any atom is 0.336 e. The summed E-state index contributed by atoms with van der Waals surface area (Å²) >= 11 is 0. The first-order valence-electron chi connectivity index (χ1n) is 7.62. The van der Waals surface area contributed by atoms with Crippen molar-refractivity contribution in [2.75, 3.05) is 13.7 Å². The Bertz CT molecular complexity index is 840. The molecular weight excluding hydrogens is 290 g/mol. The van der Waals surface area contributed by atoms with Crippen LogP contribution in [0.15, 0.2) is 63.8 Å². The fraction of sp³-hybridized carbons (Fsp3) is 0.211. The summed E-state index contributed by atoms with van der Waals surface area (Å²) in [6.45, 7) is 1.48. The van der Waals surface area contributed by atoms with Gasteiger partial charge < -0.3 is 14.5 Å². The Balaban J connectivity index is 1.71. The second-order valence-electron chi connectivity index (χ2n) is 5.37. The van der Waals surface area contributed by atoms with E-state index in [0.717, 1.165) is 23.9 Å². The van der Waals surface area contributed by atoms with Crippen molar-refractivity contribution in [2.45, 2.75) is 13.0 Å². The van der Waals surface area contributed by atoms with Crippen LogP contribution >= 0.6 is 0 Å². The molecule has 3 aromatic rings. The van der Waals surface area contributed by atoms with Crippen LogP contribution in [-0.4, -0.2) is 13.7 Å². The predicted molar refractivity (Wildman–Crippen MR) is 90.9 cm³/mol. The second-order valence-corrected chi connectivity index (χ2v) is 5.37. The van der Waals surface area contributed by atoms with Gasteiger partial charge in [0.2, 0.25) is 0 Å². The van der Waals surface area contributed by atoms with Crippen molar-refractivity contribution in [3.05, 3.63) is 76.1 Å². The normalized spacial score (nSPS) is 10.8. The van der Waals surface area contributed by atoms with E-state index in [0.29, 0.717) is 17.9 Å². The monoisotopic (exact) mass is 309 g/mol. The molecule has 0 spiro atoms. The van der Waals surface area contributed by atoms with Gasteiger partial charge in [-0.2, -0.15) is 0 Å². The lowest BCUT2D eigenvalue weighted by Crippen LogP contribution is -2.18. The minimum atomic E-state index is -0.342. The lowest BCUT2D eigenvalue weighted by Gasteiger charge is -2.08. The van der Waals surface area contributed by atoms with Gasteiger partial charge in [-0.3, -0.25) is 0 Å². The number of ether oxygens (including phenoxy) is 1. The molecule has 3 rings (SSSR count). The quantitative estimate of drug-likeness (QED) is 0.561. The minimum absolute atomic E-state index is 0.342. The SMILES string of the molecule is COc1ccc2c(CNCCc3ccccc3)cc(=O)oc2c1. The Morgan fingerprint density at radius 1 is 1.09 bits per heavy atom. The van der Waals surface area contributed by atoms with Gasteiger partial charge in [-0.15, -0.1) is 0 Å². The van der Waals surface area contributed by atoms with Crippen LogP contribution in [0.2, 0.25) is 0 Å². The molecule has 0 aliphatic carbocycles. The minimum Gasteiger partial charge on any atom is -0.497 e. The first-order valence-corrected chi connectivity index (χ1v) is 7.62. The van der Waals surface area contributed by atoms with Crippen molar-refractivity contribution in [3.63, 3.8) is 0 Å². The highest BCUT2D eigenvalue weighted by Crippen LogP contribution is 2.22. The predicted octanol–water partition coefficient (Wildman–Crippen LogP) is 3.13. The molecule has 0 saturated carbocycles. The fourth-order valence-corrected chi connectivity index (χ4v) is 2.58. The zero-order chi connectivity index (χ0) is 16.1. The van der Waals surface area contributed by atoms with Gasteiger partial charge in [-0.25, -0.2) is 4.79 Å². The molecule has 4 nitrogen and oxygen atoms in total. The van der Waals surface area contributed by atoms with Gasteiger partial charge in [0, 0.05) is 24.1 Å². The Morgan fingerprint density at radius 3 is 2.70 bits per heavy atom. The average Bonchev–Trinajstić information content (AvgIpc) is 2.58. The van der Waals surface area contributed by atoms with Crippen molar-refractivity contribution >= 4 is 11.0 Å².